The molecule has 0 bridgehead atoms. The molecule has 7 heteroatoms. The van der Waals surface area contributed by atoms with Gasteiger partial charge in [-0.05, 0) is 44.4 Å². The topological polar surface area (TPSA) is 52.1 Å². The molecule has 1 aromatic rings. The quantitative estimate of drug-likeness (QED) is 0.308. The van der Waals surface area contributed by atoms with Crippen LogP contribution in [0.15, 0.2) is 29.3 Å². The minimum absolute atomic E-state index is 0. The summed E-state index contributed by atoms with van der Waals surface area (Å²) < 4.78 is 5.48. The van der Waals surface area contributed by atoms with Gasteiger partial charge in [0.25, 0.3) is 0 Å². The van der Waals surface area contributed by atoms with Crippen LogP contribution in [0.25, 0.3) is 0 Å². The molecule has 3 rings (SSSR count). The fourth-order valence-corrected chi connectivity index (χ4v) is 4.18. The van der Waals surface area contributed by atoms with Crippen molar-refractivity contribution in [1.29, 1.82) is 0 Å². The minimum Gasteiger partial charge on any atom is -0.379 e. The van der Waals surface area contributed by atoms with Crippen molar-refractivity contribution in [2.24, 2.45) is 4.99 Å². The number of rotatable bonds is 8. The van der Waals surface area contributed by atoms with Gasteiger partial charge in [0.15, 0.2) is 5.96 Å². The van der Waals surface area contributed by atoms with E-state index in [2.05, 4.69) is 58.5 Å². The molecule has 2 aliphatic heterocycles. The van der Waals surface area contributed by atoms with E-state index >= 15 is 0 Å². The van der Waals surface area contributed by atoms with Gasteiger partial charge >= 0.3 is 0 Å². The second-order valence-corrected chi connectivity index (χ2v) is 8.16. The van der Waals surface area contributed by atoms with Crippen molar-refractivity contribution >= 4 is 29.9 Å². The van der Waals surface area contributed by atoms with E-state index in [9.17, 15) is 0 Å². The van der Waals surface area contributed by atoms with Crippen LogP contribution in [0.5, 0.6) is 0 Å². The highest BCUT2D eigenvalue weighted by Crippen LogP contribution is 2.16. The third-order valence-corrected chi connectivity index (χ3v) is 6.00. The van der Waals surface area contributed by atoms with Crippen molar-refractivity contribution in [3.8, 4) is 0 Å². The molecule has 2 N–H and O–H groups in total. The molecule has 30 heavy (non-hydrogen) atoms. The molecule has 2 fully saturated rings. The summed E-state index contributed by atoms with van der Waals surface area (Å²) in [5.74, 6) is 0.915. The van der Waals surface area contributed by atoms with Crippen LogP contribution >= 0.6 is 24.0 Å². The number of hydrogen-bond donors (Lipinski definition) is 2. The molecule has 6 nitrogen and oxygen atoms in total. The Morgan fingerprint density at radius 2 is 1.87 bits per heavy atom. The third-order valence-electron chi connectivity index (χ3n) is 6.00. The van der Waals surface area contributed by atoms with Gasteiger partial charge in [-0.15, -0.1) is 24.0 Å². The van der Waals surface area contributed by atoms with Crippen LogP contribution in [0.1, 0.15) is 44.2 Å². The lowest BCUT2D eigenvalue weighted by Crippen LogP contribution is -2.45. The molecule has 0 spiro atoms. The predicted octanol–water partition coefficient (Wildman–Crippen LogP) is 3.07. The molecular formula is C23H40IN5O. The number of aliphatic imine (C=N–C) groups is 1. The smallest absolute Gasteiger partial charge is 0.191 e. The minimum atomic E-state index is 0. The van der Waals surface area contributed by atoms with Crippen molar-refractivity contribution in [3.05, 3.63) is 35.4 Å². The summed E-state index contributed by atoms with van der Waals surface area (Å²) in [4.78, 5) is 9.93. The van der Waals surface area contributed by atoms with Crippen molar-refractivity contribution < 1.29 is 4.74 Å². The van der Waals surface area contributed by atoms with Crippen molar-refractivity contribution in [3.63, 3.8) is 0 Å². The highest BCUT2D eigenvalue weighted by atomic mass is 127. The molecule has 0 aromatic heterocycles. The van der Waals surface area contributed by atoms with Gasteiger partial charge in [-0.25, -0.2) is 4.99 Å². The SMILES string of the molecule is CCNC(=NCc1ccccc1CN1CCOCC1)NCCN1CCCCC1C.I. The normalized spacial score (nSPS) is 21.1. The van der Waals surface area contributed by atoms with Gasteiger partial charge in [-0.3, -0.25) is 9.80 Å². The van der Waals surface area contributed by atoms with Crippen LogP contribution in [0.2, 0.25) is 0 Å². The number of halogens is 1. The first kappa shape index (κ1) is 25.4. The summed E-state index contributed by atoms with van der Waals surface area (Å²) in [5.41, 5.74) is 2.68. The Morgan fingerprint density at radius 3 is 2.60 bits per heavy atom. The van der Waals surface area contributed by atoms with Crippen LogP contribution in [0.3, 0.4) is 0 Å². The van der Waals surface area contributed by atoms with E-state index in [0.29, 0.717) is 12.6 Å². The van der Waals surface area contributed by atoms with E-state index in [0.717, 1.165) is 58.4 Å². The van der Waals surface area contributed by atoms with E-state index in [1.54, 1.807) is 0 Å². The molecule has 2 saturated heterocycles. The molecule has 0 saturated carbocycles. The van der Waals surface area contributed by atoms with Crippen LogP contribution < -0.4 is 10.6 Å². The first-order valence-corrected chi connectivity index (χ1v) is 11.4. The van der Waals surface area contributed by atoms with Crippen molar-refractivity contribution in [2.75, 3.05) is 52.5 Å². The Labute approximate surface area is 199 Å². The summed E-state index contributed by atoms with van der Waals surface area (Å²) in [6, 6.07) is 9.39. The fourth-order valence-electron chi connectivity index (χ4n) is 4.18. The van der Waals surface area contributed by atoms with Gasteiger partial charge in [-0.2, -0.15) is 0 Å². The van der Waals surface area contributed by atoms with E-state index in [1.807, 2.05) is 0 Å². The zero-order chi connectivity index (χ0) is 20.3. The summed E-state index contributed by atoms with van der Waals surface area (Å²) in [5, 5.41) is 6.93. The number of nitrogens with zero attached hydrogens (tertiary/aromatic N) is 3. The van der Waals surface area contributed by atoms with Crippen LogP contribution in [0.4, 0.5) is 0 Å². The number of piperidine rings is 1. The Morgan fingerprint density at radius 1 is 1.10 bits per heavy atom. The van der Waals surface area contributed by atoms with E-state index in [1.165, 1.54) is 36.9 Å². The largest absolute Gasteiger partial charge is 0.379 e. The molecule has 1 unspecified atom stereocenters. The number of ether oxygens (including phenoxy) is 1. The lowest BCUT2D eigenvalue weighted by atomic mass is 10.0. The van der Waals surface area contributed by atoms with Gasteiger partial charge in [0, 0.05) is 45.3 Å². The standard InChI is InChI=1S/C23H39N5O.HI/c1-3-24-23(25-11-13-28-12-7-6-8-20(28)2)26-18-21-9-4-5-10-22(21)19-27-14-16-29-17-15-27;/h4-5,9-10,20H,3,6-8,11-19H2,1-2H3,(H2,24,25,26);1H. The van der Waals surface area contributed by atoms with Gasteiger partial charge in [0.05, 0.1) is 19.8 Å². The molecule has 2 heterocycles. The molecule has 170 valence electrons. The van der Waals surface area contributed by atoms with E-state index in [4.69, 9.17) is 9.73 Å². The average molecular weight is 530 g/mol. The Bertz CT molecular complexity index is 636. The van der Waals surface area contributed by atoms with Crippen molar-refractivity contribution in [1.82, 2.24) is 20.4 Å². The van der Waals surface area contributed by atoms with Crippen LogP contribution in [-0.4, -0.2) is 74.3 Å². The third kappa shape index (κ3) is 8.32. The predicted molar refractivity (Wildman–Crippen MR) is 136 cm³/mol. The highest BCUT2D eigenvalue weighted by Gasteiger charge is 2.17. The number of benzene rings is 1. The second-order valence-electron chi connectivity index (χ2n) is 8.16. The monoisotopic (exact) mass is 529 g/mol. The molecule has 1 atom stereocenters. The van der Waals surface area contributed by atoms with Gasteiger partial charge in [0.2, 0.25) is 0 Å². The molecule has 0 amide bonds. The maximum absolute atomic E-state index is 5.48. The molecule has 2 aliphatic rings. The van der Waals surface area contributed by atoms with E-state index < -0.39 is 0 Å². The molecule has 0 radical (unpaired) electrons. The van der Waals surface area contributed by atoms with E-state index in [-0.39, 0.29) is 24.0 Å². The van der Waals surface area contributed by atoms with Crippen LogP contribution in [0, 0.1) is 0 Å². The molecular weight excluding hydrogens is 489 g/mol. The molecule has 1 aromatic carbocycles. The number of guanidine groups is 1. The first-order chi connectivity index (χ1) is 14.3. The number of hydrogen-bond acceptors (Lipinski definition) is 4. The van der Waals surface area contributed by atoms with Crippen LogP contribution in [-0.2, 0) is 17.8 Å². The molecule has 0 aliphatic carbocycles. The lowest BCUT2D eigenvalue weighted by Gasteiger charge is -2.33. The van der Waals surface area contributed by atoms with Gasteiger partial charge in [-0.1, -0.05) is 30.7 Å². The van der Waals surface area contributed by atoms with Gasteiger partial charge < -0.3 is 15.4 Å². The Balaban J connectivity index is 0.00000320. The Hall–Kier alpha value is -0.900. The second kappa shape index (κ2) is 14.2. The summed E-state index contributed by atoms with van der Waals surface area (Å²) in [7, 11) is 0. The highest BCUT2D eigenvalue weighted by molar-refractivity contribution is 14.0. The average Bonchev–Trinajstić information content (AvgIpc) is 2.75. The number of likely N-dealkylation sites (tertiary alicyclic amines) is 1. The fraction of sp³-hybridized carbons (Fsp3) is 0.696. The lowest BCUT2D eigenvalue weighted by molar-refractivity contribution is 0.0341. The Kier molecular flexibility index (Phi) is 12.0. The maximum atomic E-state index is 5.48. The maximum Gasteiger partial charge on any atom is 0.191 e. The number of nitrogens with one attached hydrogen (secondary N) is 2. The first-order valence-electron chi connectivity index (χ1n) is 11.4. The summed E-state index contributed by atoms with van der Waals surface area (Å²) in [6.45, 7) is 14.0. The summed E-state index contributed by atoms with van der Waals surface area (Å²) in [6.07, 6.45) is 4.03. The summed E-state index contributed by atoms with van der Waals surface area (Å²) >= 11 is 0. The van der Waals surface area contributed by atoms with Gasteiger partial charge in [0.1, 0.15) is 0 Å². The van der Waals surface area contributed by atoms with Crippen molar-refractivity contribution in [2.45, 2.75) is 52.2 Å². The zero-order valence-electron chi connectivity index (χ0n) is 18.7. The zero-order valence-corrected chi connectivity index (χ0v) is 21.1. The number of morpholine rings is 1.